The number of hydrogen-bond donors (Lipinski definition) is 1. The van der Waals surface area contributed by atoms with E-state index < -0.39 is 0 Å². The van der Waals surface area contributed by atoms with Gasteiger partial charge in [-0.05, 0) is 42.8 Å². The highest BCUT2D eigenvalue weighted by Gasteiger charge is 2.34. The first-order valence-corrected chi connectivity index (χ1v) is 10.8. The van der Waals surface area contributed by atoms with Crippen molar-refractivity contribution >= 4 is 27.7 Å². The minimum Gasteiger partial charge on any atom is -0.497 e. The van der Waals surface area contributed by atoms with Crippen molar-refractivity contribution in [2.24, 2.45) is 0 Å². The Bertz CT molecular complexity index is 1320. The summed E-state index contributed by atoms with van der Waals surface area (Å²) in [5.74, 6) is 1.41. The van der Waals surface area contributed by atoms with Gasteiger partial charge in [-0.3, -0.25) is 4.79 Å². The van der Waals surface area contributed by atoms with Crippen molar-refractivity contribution in [3.05, 3.63) is 76.0 Å². The first kappa shape index (κ1) is 20.3. The first-order valence-electron chi connectivity index (χ1n) is 10.0. The molecule has 0 unspecified atom stereocenters. The fourth-order valence-electron chi connectivity index (χ4n) is 4.00. The van der Waals surface area contributed by atoms with Gasteiger partial charge in [0.25, 0.3) is 5.95 Å². The van der Waals surface area contributed by atoms with Crippen LogP contribution in [0.2, 0.25) is 0 Å². The van der Waals surface area contributed by atoms with Gasteiger partial charge >= 0.3 is 0 Å². The number of ether oxygens (including phenoxy) is 1. The highest BCUT2D eigenvalue weighted by molar-refractivity contribution is 9.10. The molecule has 1 aliphatic heterocycles. The maximum Gasteiger partial charge on any atom is 0.272 e. The average Bonchev–Trinajstić information content (AvgIpc) is 3.15. The van der Waals surface area contributed by atoms with Gasteiger partial charge in [-0.1, -0.05) is 34.1 Å². The van der Waals surface area contributed by atoms with Gasteiger partial charge in [-0.2, -0.15) is 14.9 Å². The van der Waals surface area contributed by atoms with Crippen molar-refractivity contribution in [2.45, 2.75) is 19.3 Å². The SMILES string of the molecule is COc1ccc(-c2cnnc(-n3nc(C)c4c3NC(=O)C[C@H]4c3ccccc3Br)n2)cc1. The summed E-state index contributed by atoms with van der Waals surface area (Å²) in [4.78, 5) is 17.3. The van der Waals surface area contributed by atoms with E-state index in [1.54, 1.807) is 18.0 Å². The van der Waals surface area contributed by atoms with Gasteiger partial charge < -0.3 is 10.1 Å². The van der Waals surface area contributed by atoms with E-state index in [9.17, 15) is 4.79 Å². The predicted molar refractivity (Wildman–Crippen MR) is 123 cm³/mol. The van der Waals surface area contributed by atoms with Crippen LogP contribution < -0.4 is 10.1 Å². The number of anilines is 1. The average molecular weight is 491 g/mol. The van der Waals surface area contributed by atoms with E-state index in [1.807, 2.05) is 55.5 Å². The number of aryl methyl sites for hydroxylation is 1. The number of nitrogens with one attached hydrogen (secondary N) is 1. The van der Waals surface area contributed by atoms with E-state index >= 15 is 0 Å². The molecule has 5 rings (SSSR count). The molecule has 1 N–H and O–H groups in total. The van der Waals surface area contributed by atoms with E-state index in [4.69, 9.17) is 4.74 Å². The van der Waals surface area contributed by atoms with Crippen molar-refractivity contribution in [2.75, 3.05) is 12.4 Å². The molecule has 9 heteroatoms. The lowest BCUT2D eigenvalue weighted by molar-refractivity contribution is -0.116. The Hall–Kier alpha value is -3.59. The fourth-order valence-corrected chi connectivity index (χ4v) is 4.56. The summed E-state index contributed by atoms with van der Waals surface area (Å²) in [7, 11) is 1.62. The van der Waals surface area contributed by atoms with E-state index in [2.05, 4.69) is 41.5 Å². The topological polar surface area (TPSA) is 94.8 Å². The molecular weight excluding hydrogens is 472 g/mol. The lowest BCUT2D eigenvalue weighted by atomic mass is 9.86. The van der Waals surface area contributed by atoms with Gasteiger partial charge in [0.05, 0.1) is 24.7 Å². The second-order valence-electron chi connectivity index (χ2n) is 7.46. The first-order chi connectivity index (χ1) is 15.5. The van der Waals surface area contributed by atoms with Gasteiger partial charge in [0, 0.05) is 27.9 Å². The minimum absolute atomic E-state index is 0.0846. The van der Waals surface area contributed by atoms with E-state index in [0.717, 1.165) is 32.6 Å². The summed E-state index contributed by atoms with van der Waals surface area (Å²) in [6.07, 6.45) is 1.93. The molecule has 32 heavy (non-hydrogen) atoms. The molecule has 4 aromatic rings. The van der Waals surface area contributed by atoms with Crippen molar-refractivity contribution in [3.63, 3.8) is 0 Å². The smallest absolute Gasteiger partial charge is 0.272 e. The molecule has 3 heterocycles. The Kier molecular flexibility index (Phi) is 5.18. The Labute approximate surface area is 192 Å². The van der Waals surface area contributed by atoms with Gasteiger partial charge in [0.15, 0.2) is 0 Å². The number of carbonyl (C=O) groups is 1. The molecule has 0 radical (unpaired) electrons. The lowest BCUT2D eigenvalue weighted by Crippen LogP contribution is -2.25. The number of hydrogen-bond acceptors (Lipinski definition) is 6. The summed E-state index contributed by atoms with van der Waals surface area (Å²) in [5, 5.41) is 15.9. The van der Waals surface area contributed by atoms with Gasteiger partial charge in [0.1, 0.15) is 11.6 Å². The molecule has 160 valence electrons. The standard InChI is InChI=1S/C23H19BrN6O2/c1-13-21-17(16-5-3-4-6-18(16)24)11-20(31)27-22(21)30(29-13)23-26-19(12-25-28-23)14-7-9-15(32-2)10-8-14/h3-10,12,17H,11H2,1-2H3,(H,27,31)/t17-/m0/s1. The number of fused-ring (bicyclic) bond motifs is 1. The molecule has 2 aromatic heterocycles. The number of nitrogens with zero attached hydrogens (tertiary/aromatic N) is 5. The normalized spacial score (nSPS) is 15.2. The van der Waals surface area contributed by atoms with Crippen molar-refractivity contribution in [3.8, 4) is 23.0 Å². The van der Waals surface area contributed by atoms with Crippen LogP contribution in [0, 0.1) is 6.92 Å². The van der Waals surface area contributed by atoms with Crippen LogP contribution in [0.1, 0.15) is 29.2 Å². The highest BCUT2D eigenvalue weighted by atomic mass is 79.9. The Morgan fingerprint density at radius 2 is 1.94 bits per heavy atom. The molecule has 2 aromatic carbocycles. The number of aromatic nitrogens is 5. The number of carbonyl (C=O) groups excluding carboxylic acids is 1. The Morgan fingerprint density at radius 3 is 2.69 bits per heavy atom. The molecule has 0 bridgehead atoms. The Morgan fingerprint density at radius 1 is 1.16 bits per heavy atom. The molecule has 0 aliphatic carbocycles. The van der Waals surface area contributed by atoms with E-state index in [0.29, 0.717) is 17.9 Å². The van der Waals surface area contributed by atoms with Crippen molar-refractivity contribution in [1.29, 1.82) is 0 Å². The minimum atomic E-state index is -0.124. The van der Waals surface area contributed by atoms with Crippen LogP contribution in [0.5, 0.6) is 5.75 Å². The lowest BCUT2D eigenvalue weighted by Gasteiger charge is -2.24. The third-order valence-electron chi connectivity index (χ3n) is 5.51. The van der Waals surface area contributed by atoms with E-state index in [1.165, 1.54) is 0 Å². The van der Waals surface area contributed by atoms with Crippen molar-refractivity contribution in [1.82, 2.24) is 25.0 Å². The maximum absolute atomic E-state index is 12.6. The quantitative estimate of drug-likeness (QED) is 0.458. The number of amides is 1. The zero-order valence-electron chi connectivity index (χ0n) is 17.4. The number of benzene rings is 2. The molecule has 0 saturated carbocycles. The highest BCUT2D eigenvalue weighted by Crippen LogP contribution is 2.42. The van der Waals surface area contributed by atoms with Gasteiger partial charge in [0.2, 0.25) is 5.91 Å². The van der Waals surface area contributed by atoms with Gasteiger partial charge in [-0.25, -0.2) is 4.98 Å². The summed E-state index contributed by atoms with van der Waals surface area (Å²) >= 11 is 3.62. The zero-order chi connectivity index (χ0) is 22.2. The third kappa shape index (κ3) is 3.54. The Balaban J connectivity index is 1.60. The van der Waals surface area contributed by atoms with Crippen LogP contribution in [0.3, 0.4) is 0 Å². The number of halogens is 1. The second kappa shape index (κ2) is 8.16. The van der Waals surface area contributed by atoms with Crippen LogP contribution in [0.4, 0.5) is 5.82 Å². The molecule has 8 nitrogen and oxygen atoms in total. The third-order valence-corrected chi connectivity index (χ3v) is 6.23. The monoisotopic (exact) mass is 490 g/mol. The number of rotatable bonds is 4. The molecule has 1 atom stereocenters. The van der Waals surface area contributed by atoms with Crippen LogP contribution in [0.25, 0.3) is 17.2 Å². The zero-order valence-corrected chi connectivity index (χ0v) is 19.0. The molecule has 0 saturated heterocycles. The summed E-state index contributed by atoms with van der Waals surface area (Å²) in [5.41, 5.74) is 4.31. The summed E-state index contributed by atoms with van der Waals surface area (Å²) < 4.78 is 7.74. The summed E-state index contributed by atoms with van der Waals surface area (Å²) in [6, 6.07) is 15.5. The number of methoxy groups -OCH3 is 1. The summed E-state index contributed by atoms with van der Waals surface area (Å²) in [6.45, 7) is 1.93. The van der Waals surface area contributed by atoms with Crippen LogP contribution in [-0.4, -0.2) is 38.0 Å². The van der Waals surface area contributed by atoms with Crippen LogP contribution in [0.15, 0.2) is 59.2 Å². The molecule has 1 aliphatic rings. The molecule has 0 spiro atoms. The van der Waals surface area contributed by atoms with Crippen molar-refractivity contribution < 1.29 is 9.53 Å². The fraction of sp³-hybridized carbons (Fsp3) is 0.174. The van der Waals surface area contributed by atoms with E-state index in [-0.39, 0.29) is 17.8 Å². The maximum atomic E-state index is 12.6. The molecule has 1 amide bonds. The second-order valence-corrected chi connectivity index (χ2v) is 8.31. The van der Waals surface area contributed by atoms with Gasteiger partial charge in [-0.15, -0.1) is 5.10 Å². The predicted octanol–water partition coefficient (Wildman–Crippen LogP) is 4.28. The largest absolute Gasteiger partial charge is 0.497 e. The van der Waals surface area contributed by atoms with Crippen LogP contribution >= 0.6 is 15.9 Å². The van der Waals surface area contributed by atoms with Crippen LogP contribution in [-0.2, 0) is 4.79 Å². The molecular formula is C23H19BrN6O2. The molecule has 0 fully saturated rings.